The molecule has 4 nitrogen and oxygen atoms in total. The summed E-state index contributed by atoms with van der Waals surface area (Å²) >= 11 is 0. The second kappa shape index (κ2) is 5.29. The van der Waals surface area contributed by atoms with Crippen molar-refractivity contribution in [2.45, 2.75) is 23.8 Å². The molecule has 2 rings (SSSR count). The molecule has 0 bridgehead atoms. The average molecular weight is 277 g/mol. The van der Waals surface area contributed by atoms with Gasteiger partial charge < -0.3 is 4.74 Å². The van der Waals surface area contributed by atoms with Crippen molar-refractivity contribution in [3.63, 3.8) is 0 Å². The lowest BCUT2D eigenvalue weighted by Gasteiger charge is -2.11. The second-order valence-corrected chi connectivity index (χ2v) is 5.86. The SMILES string of the molecule is O=S(=O)(NC[C@@H]1CCCO1)c1cc(F)cc(F)c1. The Morgan fingerprint density at radius 2 is 1.94 bits per heavy atom. The number of ether oxygens (including phenoxy) is 1. The summed E-state index contributed by atoms with van der Waals surface area (Å²) in [5.74, 6) is -1.85. The molecule has 18 heavy (non-hydrogen) atoms. The van der Waals surface area contributed by atoms with Crippen LogP contribution in [-0.4, -0.2) is 27.7 Å². The first kappa shape index (κ1) is 13.4. The van der Waals surface area contributed by atoms with E-state index in [1.807, 2.05) is 0 Å². The van der Waals surface area contributed by atoms with E-state index in [-0.39, 0.29) is 12.6 Å². The van der Waals surface area contributed by atoms with Crippen LogP contribution in [0, 0.1) is 11.6 Å². The van der Waals surface area contributed by atoms with Crippen molar-refractivity contribution in [1.82, 2.24) is 4.72 Å². The van der Waals surface area contributed by atoms with Crippen molar-refractivity contribution >= 4 is 10.0 Å². The fraction of sp³-hybridized carbons (Fsp3) is 0.455. The molecule has 1 heterocycles. The number of halogens is 2. The number of nitrogens with one attached hydrogen (secondary N) is 1. The molecule has 0 spiro atoms. The minimum atomic E-state index is -3.90. The van der Waals surface area contributed by atoms with Gasteiger partial charge in [-0.2, -0.15) is 0 Å². The monoisotopic (exact) mass is 277 g/mol. The summed E-state index contributed by atoms with van der Waals surface area (Å²) in [4.78, 5) is -0.419. The number of sulfonamides is 1. The zero-order valence-corrected chi connectivity index (χ0v) is 10.3. The summed E-state index contributed by atoms with van der Waals surface area (Å²) in [6, 6.07) is 2.18. The molecule has 1 N–H and O–H groups in total. The molecule has 0 amide bonds. The Morgan fingerprint density at radius 1 is 1.28 bits per heavy atom. The van der Waals surface area contributed by atoms with Crippen LogP contribution < -0.4 is 4.72 Å². The molecule has 7 heteroatoms. The molecule has 0 aromatic heterocycles. The minimum Gasteiger partial charge on any atom is -0.377 e. The van der Waals surface area contributed by atoms with Gasteiger partial charge in [-0.1, -0.05) is 0 Å². The number of benzene rings is 1. The molecule has 0 radical (unpaired) electrons. The Morgan fingerprint density at radius 3 is 2.50 bits per heavy atom. The highest BCUT2D eigenvalue weighted by Gasteiger charge is 2.21. The molecule has 100 valence electrons. The molecule has 1 atom stereocenters. The quantitative estimate of drug-likeness (QED) is 0.905. The largest absolute Gasteiger partial charge is 0.377 e. The lowest BCUT2D eigenvalue weighted by Crippen LogP contribution is -2.31. The van der Waals surface area contributed by atoms with Crippen molar-refractivity contribution in [3.8, 4) is 0 Å². The first-order valence-electron chi connectivity index (χ1n) is 5.55. The van der Waals surface area contributed by atoms with Crippen molar-refractivity contribution < 1.29 is 21.9 Å². The van der Waals surface area contributed by atoms with E-state index in [1.54, 1.807) is 0 Å². The second-order valence-electron chi connectivity index (χ2n) is 4.09. The van der Waals surface area contributed by atoms with E-state index in [2.05, 4.69) is 4.72 Å². The lowest BCUT2D eigenvalue weighted by atomic mass is 10.2. The van der Waals surface area contributed by atoms with Gasteiger partial charge in [0.1, 0.15) is 11.6 Å². The van der Waals surface area contributed by atoms with Gasteiger partial charge in [-0.3, -0.25) is 0 Å². The Bertz CT molecular complexity index is 507. The van der Waals surface area contributed by atoms with E-state index in [0.29, 0.717) is 12.7 Å². The highest BCUT2D eigenvalue weighted by molar-refractivity contribution is 7.89. The number of rotatable bonds is 4. The van der Waals surface area contributed by atoms with E-state index in [4.69, 9.17) is 4.74 Å². The van der Waals surface area contributed by atoms with Crippen LogP contribution >= 0.6 is 0 Å². The topological polar surface area (TPSA) is 55.4 Å². The van der Waals surface area contributed by atoms with E-state index < -0.39 is 26.6 Å². The Balaban J connectivity index is 2.09. The highest BCUT2D eigenvalue weighted by Crippen LogP contribution is 2.15. The molecular weight excluding hydrogens is 264 g/mol. The van der Waals surface area contributed by atoms with Crippen molar-refractivity contribution in [1.29, 1.82) is 0 Å². The Kier molecular flexibility index (Phi) is 3.94. The molecule has 1 aliphatic rings. The first-order valence-corrected chi connectivity index (χ1v) is 7.03. The lowest BCUT2D eigenvalue weighted by molar-refractivity contribution is 0.114. The van der Waals surface area contributed by atoms with Crippen LogP contribution in [0.15, 0.2) is 23.1 Å². The van der Waals surface area contributed by atoms with Crippen molar-refractivity contribution in [2.24, 2.45) is 0 Å². The number of hydrogen-bond donors (Lipinski definition) is 1. The van der Waals surface area contributed by atoms with Crippen LogP contribution in [0.4, 0.5) is 8.78 Å². The summed E-state index contributed by atoms with van der Waals surface area (Å²) in [7, 11) is -3.90. The molecule has 1 fully saturated rings. The number of hydrogen-bond acceptors (Lipinski definition) is 3. The van der Waals surface area contributed by atoms with Crippen LogP contribution in [-0.2, 0) is 14.8 Å². The third-order valence-corrected chi connectivity index (χ3v) is 4.07. The maximum atomic E-state index is 12.9. The van der Waals surface area contributed by atoms with Gasteiger partial charge in [0.25, 0.3) is 0 Å². The van der Waals surface area contributed by atoms with E-state index in [9.17, 15) is 17.2 Å². The van der Waals surface area contributed by atoms with Gasteiger partial charge in [-0.25, -0.2) is 21.9 Å². The Hall–Kier alpha value is -1.05. The third kappa shape index (κ3) is 3.24. The highest BCUT2D eigenvalue weighted by atomic mass is 32.2. The summed E-state index contributed by atoms with van der Waals surface area (Å²) in [6.45, 7) is 0.724. The van der Waals surface area contributed by atoms with Gasteiger partial charge in [0.05, 0.1) is 11.0 Å². The van der Waals surface area contributed by atoms with Gasteiger partial charge in [0.15, 0.2) is 0 Å². The van der Waals surface area contributed by atoms with Crippen molar-refractivity contribution in [2.75, 3.05) is 13.2 Å². The fourth-order valence-corrected chi connectivity index (χ4v) is 2.88. The summed E-state index contributed by atoms with van der Waals surface area (Å²) in [6.07, 6.45) is 1.50. The summed E-state index contributed by atoms with van der Waals surface area (Å²) < 4.78 is 57.0. The zero-order valence-electron chi connectivity index (χ0n) is 9.53. The van der Waals surface area contributed by atoms with Gasteiger partial charge in [-0.15, -0.1) is 0 Å². The molecular formula is C11H13F2NO3S. The molecule has 1 aromatic rings. The molecule has 0 saturated carbocycles. The molecule has 0 aliphatic carbocycles. The summed E-state index contributed by atoms with van der Waals surface area (Å²) in [5.41, 5.74) is 0. The maximum absolute atomic E-state index is 12.9. The standard InChI is InChI=1S/C11H13F2NO3S/c12-8-4-9(13)6-11(5-8)18(15,16)14-7-10-2-1-3-17-10/h4-6,10,14H,1-3,7H2/t10-/m0/s1. The predicted molar refractivity (Wildman–Crippen MR) is 60.5 cm³/mol. The maximum Gasteiger partial charge on any atom is 0.240 e. The Labute approximate surface area is 104 Å². The van der Waals surface area contributed by atoms with Gasteiger partial charge in [-0.05, 0) is 25.0 Å². The predicted octanol–water partition coefficient (Wildman–Crippen LogP) is 1.42. The summed E-state index contributed by atoms with van der Waals surface area (Å²) in [5, 5.41) is 0. The third-order valence-electron chi connectivity index (χ3n) is 2.67. The molecule has 1 saturated heterocycles. The first-order chi connectivity index (χ1) is 8.47. The van der Waals surface area contributed by atoms with Crippen LogP contribution in [0.1, 0.15) is 12.8 Å². The van der Waals surface area contributed by atoms with Crippen LogP contribution in [0.5, 0.6) is 0 Å². The molecule has 0 unspecified atom stereocenters. The van der Waals surface area contributed by atoms with Crippen LogP contribution in [0.25, 0.3) is 0 Å². The molecule has 1 aromatic carbocycles. The van der Waals surface area contributed by atoms with Gasteiger partial charge in [0, 0.05) is 19.2 Å². The van der Waals surface area contributed by atoms with E-state index in [1.165, 1.54) is 0 Å². The van der Waals surface area contributed by atoms with E-state index >= 15 is 0 Å². The normalized spacial score (nSPS) is 20.2. The van der Waals surface area contributed by atoms with Crippen LogP contribution in [0.2, 0.25) is 0 Å². The van der Waals surface area contributed by atoms with Gasteiger partial charge >= 0.3 is 0 Å². The molecule has 1 aliphatic heterocycles. The smallest absolute Gasteiger partial charge is 0.240 e. The van der Waals surface area contributed by atoms with E-state index in [0.717, 1.165) is 25.0 Å². The fourth-order valence-electron chi connectivity index (χ4n) is 1.77. The van der Waals surface area contributed by atoms with Crippen molar-refractivity contribution in [3.05, 3.63) is 29.8 Å². The minimum absolute atomic E-state index is 0.112. The van der Waals surface area contributed by atoms with Gasteiger partial charge in [0.2, 0.25) is 10.0 Å². The van der Waals surface area contributed by atoms with Crippen LogP contribution in [0.3, 0.4) is 0 Å². The zero-order chi connectivity index (χ0) is 13.2. The average Bonchev–Trinajstić information content (AvgIpc) is 2.78.